The third-order valence-electron chi connectivity index (χ3n) is 1.92. The summed E-state index contributed by atoms with van der Waals surface area (Å²) >= 11 is 0. The number of hydrogen-bond acceptors (Lipinski definition) is 4. The molecule has 0 aromatic rings. The molecule has 4 heteroatoms. The van der Waals surface area contributed by atoms with Gasteiger partial charge in [0.25, 0.3) is 0 Å². The van der Waals surface area contributed by atoms with Crippen molar-refractivity contribution in [1.82, 2.24) is 0 Å². The molecule has 0 amide bonds. The van der Waals surface area contributed by atoms with E-state index in [2.05, 4.69) is 0 Å². The van der Waals surface area contributed by atoms with Crippen LogP contribution in [0.2, 0.25) is 0 Å². The van der Waals surface area contributed by atoms with Crippen LogP contribution in [0.15, 0.2) is 0 Å². The second-order valence-electron chi connectivity index (χ2n) is 2.53. The summed E-state index contributed by atoms with van der Waals surface area (Å²) in [5.41, 5.74) is 0. The summed E-state index contributed by atoms with van der Waals surface area (Å²) in [5.74, 6) is 0. The Bertz CT molecular complexity index is 124. The standard InChI is InChI=1S/C6H10O4/c1-8-6-5-4(10-5)3(2-7)9-6/h3-7H,2H2,1H3/t3-,4+,5+,6+/m1/s1. The highest BCUT2D eigenvalue weighted by molar-refractivity contribution is 4.99. The summed E-state index contributed by atoms with van der Waals surface area (Å²) in [7, 11) is 1.57. The summed E-state index contributed by atoms with van der Waals surface area (Å²) < 4.78 is 15.3. The molecule has 2 fully saturated rings. The molecule has 1 N–H and O–H groups in total. The van der Waals surface area contributed by atoms with Crippen molar-refractivity contribution in [1.29, 1.82) is 0 Å². The van der Waals surface area contributed by atoms with Gasteiger partial charge in [-0.2, -0.15) is 0 Å². The van der Waals surface area contributed by atoms with E-state index in [0.29, 0.717) is 0 Å². The molecule has 58 valence electrons. The van der Waals surface area contributed by atoms with Crippen molar-refractivity contribution in [2.75, 3.05) is 13.7 Å². The average molecular weight is 146 g/mol. The van der Waals surface area contributed by atoms with Crippen LogP contribution in [0, 0.1) is 0 Å². The van der Waals surface area contributed by atoms with Gasteiger partial charge in [-0.15, -0.1) is 0 Å². The molecule has 0 aromatic carbocycles. The van der Waals surface area contributed by atoms with Crippen molar-refractivity contribution < 1.29 is 19.3 Å². The number of hydrogen-bond donors (Lipinski definition) is 1. The van der Waals surface area contributed by atoms with Gasteiger partial charge in [0, 0.05) is 7.11 Å². The Kier molecular flexibility index (Phi) is 1.42. The smallest absolute Gasteiger partial charge is 0.186 e. The summed E-state index contributed by atoms with van der Waals surface area (Å²) in [6.45, 7) is 0.0149. The molecule has 4 nitrogen and oxygen atoms in total. The lowest BCUT2D eigenvalue weighted by atomic mass is 10.2. The second kappa shape index (κ2) is 2.17. The summed E-state index contributed by atoms with van der Waals surface area (Å²) in [4.78, 5) is 0. The third-order valence-corrected chi connectivity index (χ3v) is 1.92. The molecular weight excluding hydrogens is 136 g/mol. The van der Waals surface area contributed by atoms with E-state index in [0.717, 1.165) is 0 Å². The molecular formula is C6H10O4. The molecule has 0 spiro atoms. The monoisotopic (exact) mass is 146 g/mol. The van der Waals surface area contributed by atoms with Crippen molar-refractivity contribution >= 4 is 0 Å². The Hall–Kier alpha value is -0.160. The Labute approximate surface area is 58.7 Å². The van der Waals surface area contributed by atoms with Gasteiger partial charge in [-0.25, -0.2) is 0 Å². The zero-order valence-corrected chi connectivity index (χ0v) is 5.69. The van der Waals surface area contributed by atoms with Crippen LogP contribution in [0.3, 0.4) is 0 Å². The van der Waals surface area contributed by atoms with Crippen molar-refractivity contribution in [3.8, 4) is 0 Å². The quantitative estimate of drug-likeness (QED) is 0.514. The molecule has 0 unspecified atom stereocenters. The Morgan fingerprint density at radius 2 is 2.20 bits per heavy atom. The SMILES string of the molecule is CO[C@H]1O[C@H](CO)[C@@H]2O[C@H]12. The molecule has 2 rings (SSSR count). The molecule has 0 bridgehead atoms. The highest BCUT2D eigenvalue weighted by Gasteiger charge is 2.58. The second-order valence-corrected chi connectivity index (χ2v) is 2.53. The van der Waals surface area contributed by atoms with Crippen LogP contribution in [-0.2, 0) is 14.2 Å². The molecule has 0 saturated carbocycles. The summed E-state index contributed by atoms with van der Waals surface area (Å²) in [6, 6.07) is 0. The summed E-state index contributed by atoms with van der Waals surface area (Å²) in [5, 5.41) is 8.72. The minimum Gasteiger partial charge on any atom is -0.394 e. The van der Waals surface area contributed by atoms with Crippen LogP contribution in [0.5, 0.6) is 0 Å². The zero-order valence-electron chi connectivity index (χ0n) is 5.69. The Morgan fingerprint density at radius 1 is 1.40 bits per heavy atom. The molecule has 2 saturated heterocycles. The largest absolute Gasteiger partial charge is 0.394 e. The zero-order chi connectivity index (χ0) is 7.14. The van der Waals surface area contributed by atoms with Gasteiger partial charge in [-0.3, -0.25) is 0 Å². The minimum absolute atomic E-state index is 0.0149. The first kappa shape index (κ1) is 6.54. The molecule has 0 aliphatic carbocycles. The first-order valence-electron chi connectivity index (χ1n) is 3.31. The van der Waals surface area contributed by atoms with Gasteiger partial charge >= 0.3 is 0 Å². The van der Waals surface area contributed by atoms with Gasteiger partial charge in [-0.1, -0.05) is 0 Å². The van der Waals surface area contributed by atoms with E-state index < -0.39 is 0 Å². The normalized spacial score (nSPS) is 51.0. The first-order chi connectivity index (χ1) is 4.86. The topological polar surface area (TPSA) is 51.2 Å². The van der Waals surface area contributed by atoms with Gasteiger partial charge < -0.3 is 19.3 Å². The lowest BCUT2D eigenvalue weighted by molar-refractivity contribution is -0.166. The lowest BCUT2D eigenvalue weighted by Gasteiger charge is -2.13. The van der Waals surface area contributed by atoms with Crippen LogP contribution in [0.1, 0.15) is 0 Å². The number of aliphatic hydroxyl groups excluding tert-OH is 1. The fourth-order valence-electron chi connectivity index (χ4n) is 1.32. The average Bonchev–Trinajstić information content (AvgIpc) is 2.67. The fourth-order valence-corrected chi connectivity index (χ4v) is 1.32. The van der Waals surface area contributed by atoms with Gasteiger partial charge in [0.05, 0.1) is 6.61 Å². The molecule has 0 radical (unpaired) electrons. The lowest BCUT2D eigenvalue weighted by Crippen LogP contribution is -2.23. The maximum atomic E-state index is 8.72. The van der Waals surface area contributed by atoms with E-state index in [1.165, 1.54) is 0 Å². The highest BCUT2D eigenvalue weighted by atomic mass is 16.8. The van der Waals surface area contributed by atoms with Crippen LogP contribution in [0.4, 0.5) is 0 Å². The predicted octanol–water partition coefficient (Wildman–Crippen LogP) is -0.883. The highest BCUT2D eigenvalue weighted by Crippen LogP contribution is 2.38. The van der Waals surface area contributed by atoms with Gasteiger partial charge in [0.15, 0.2) is 6.29 Å². The van der Waals surface area contributed by atoms with Gasteiger partial charge in [0.1, 0.15) is 18.3 Å². The maximum absolute atomic E-state index is 8.72. The van der Waals surface area contributed by atoms with Crippen LogP contribution in [-0.4, -0.2) is 43.4 Å². The number of methoxy groups -OCH3 is 1. The number of aliphatic hydroxyl groups is 1. The van der Waals surface area contributed by atoms with E-state index >= 15 is 0 Å². The van der Waals surface area contributed by atoms with Crippen molar-refractivity contribution in [3.63, 3.8) is 0 Å². The molecule has 2 aliphatic heterocycles. The van der Waals surface area contributed by atoms with E-state index in [1.54, 1.807) is 7.11 Å². The van der Waals surface area contributed by atoms with Gasteiger partial charge in [0.2, 0.25) is 0 Å². The van der Waals surface area contributed by atoms with Crippen LogP contribution >= 0.6 is 0 Å². The van der Waals surface area contributed by atoms with E-state index in [9.17, 15) is 0 Å². The molecule has 4 atom stereocenters. The molecule has 2 heterocycles. The Balaban J connectivity index is 1.95. The van der Waals surface area contributed by atoms with E-state index in [1.807, 2.05) is 0 Å². The molecule has 0 aromatic heterocycles. The maximum Gasteiger partial charge on any atom is 0.186 e. The van der Waals surface area contributed by atoms with Crippen molar-refractivity contribution in [2.24, 2.45) is 0 Å². The Morgan fingerprint density at radius 3 is 2.60 bits per heavy atom. The fraction of sp³-hybridized carbons (Fsp3) is 1.00. The van der Waals surface area contributed by atoms with Crippen molar-refractivity contribution in [2.45, 2.75) is 24.6 Å². The molecule has 2 aliphatic rings. The van der Waals surface area contributed by atoms with Gasteiger partial charge in [-0.05, 0) is 0 Å². The number of rotatable bonds is 2. The minimum atomic E-state index is -0.262. The number of ether oxygens (including phenoxy) is 3. The van der Waals surface area contributed by atoms with E-state index in [4.69, 9.17) is 19.3 Å². The van der Waals surface area contributed by atoms with Crippen LogP contribution < -0.4 is 0 Å². The number of epoxide rings is 1. The number of fused-ring (bicyclic) bond motifs is 1. The van der Waals surface area contributed by atoms with E-state index in [-0.39, 0.29) is 31.2 Å². The summed E-state index contributed by atoms with van der Waals surface area (Å²) in [6.07, 6.45) is -0.283. The first-order valence-corrected chi connectivity index (χ1v) is 3.31. The molecule has 10 heavy (non-hydrogen) atoms. The predicted molar refractivity (Wildman–Crippen MR) is 31.4 cm³/mol. The van der Waals surface area contributed by atoms with Crippen LogP contribution in [0.25, 0.3) is 0 Å². The van der Waals surface area contributed by atoms with Crippen molar-refractivity contribution in [3.05, 3.63) is 0 Å². The third kappa shape index (κ3) is 0.769.